The van der Waals surface area contributed by atoms with Gasteiger partial charge in [-0.1, -0.05) is 157 Å². The fourth-order valence-electron chi connectivity index (χ4n) is 12.5. The second-order valence-electron chi connectivity index (χ2n) is 27.6. The van der Waals surface area contributed by atoms with Gasteiger partial charge in [0.2, 0.25) is 18.2 Å². The van der Waals surface area contributed by atoms with Gasteiger partial charge in [0.05, 0.1) is 48.1 Å². The Morgan fingerprint density at radius 2 is 0.537 bits per heavy atom. The highest BCUT2D eigenvalue weighted by molar-refractivity contribution is 5.73. The predicted molar refractivity (Wildman–Crippen MR) is 470 cm³/mol. The van der Waals surface area contributed by atoms with Crippen LogP contribution in [0.1, 0.15) is 211 Å². The molecule has 0 aliphatic heterocycles. The first-order chi connectivity index (χ1) is 58.3. The van der Waals surface area contributed by atoms with Crippen molar-refractivity contribution in [1.82, 2.24) is 43.4 Å². The van der Waals surface area contributed by atoms with Gasteiger partial charge in [-0.2, -0.15) is 0 Å². The number of phenolic OH excluding ortho intramolecular Hbond substituents is 1. The number of allylic oxidation sites excluding steroid dienone is 4. The molecule has 3 amide bonds. The molecule has 32 heteroatoms. The van der Waals surface area contributed by atoms with E-state index in [9.17, 15) is 62.6 Å². The van der Waals surface area contributed by atoms with Crippen LogP contribution < -0.4 is 83.2 Å². The van der Waals surface area contributed by atoms with Crippen LogP contribution >= 0.6 is 0 Å². The number of aromatic nitrogens is 6. The van der Waals surface area contributed by atoms with Crippen LogP contribution in [0.4, 0.5) is 14.4 Å². The summed E-state index contributed by atoms with van der Waals surface area (Å²) in [4.78, 5) is 159. The lowest BCUT2D eigenvalue weighted by atomic mass is 10.2. The fourth-order valence-corrected chi connectivity index (χ4v) is 12.5. The molecule has 0 spiro atoms. The smallest absolute Gasteiger partial charge is 0.412 e. The van der Waals surface area contributed by atoms with Crippen molar-refractivity contribution in [3.63, 3.8) is 0 Å². The summed E-state index contributed by atoms with van der Waals surface area (Å²) < 4.78 is 44.3. The molecule has 0 atom stereocenters. The first kappa shape index (κ1) is 103. The quantitative estimate of drug-likeness (QED) is 0.0156. The summed E-state index contributed by atoms with van der Waals surface area (Å²) in [6.07, 6.45) is 34.1. The Kier molecular flexibility index (Phi) is 52.6. The largest absolute Gasteiger partial charge is 0.504 e. The zero-order chi connectivity index (χ0) is 87.5. The third-order valence-electron chi connectivity index (χ3n) is 18.7. The molecule has 4 N–H and O–H groups in total. The Morgan fingerprint density at radius 1 is 0.322 bits per heavy atom. The molecule has 2 aromatic heterocycles. The number of carbonyl (C=O) groups excluding carboxylic acids is 6. The predicted octanol–water partition coefficient (Wildman–Crippen LogP) is 14.3. The summed E-state index contributed by atoms with van der Waals surface area (Å²) in [5.41, 5.74) is 0.0231. The van der Waals surface area contributed by atoms with Crippen molar-refractivity contribution < 1.29 is 67.0 Å². The SMILES string of the molecule is C.CC=Cc1ccc(O)c(OC)c1.CC=Cc1ccc(OC(=O)NCCCCCCn2c(=O)n(CCCCCCNC(=O)Oc3ccc(C=CC)cc3OC)c(=O)n(CCCCCCNC(=O)Oc3ccc(C=CC)cc3OC)c2=O)c(OC)c1.O=C=NCCCCCCn1c(=O)n(CCCCCCN=C=O)c(=O)n(CCCCCCN=C=O)c1=O. The summed E-state index contributed by atoms with van der Waals surface area (Å²) in [7, 11) is 6.05. The highest BCUT2D eigenvalue weighted by Gasteiger charge is 2.20. The molecule has 0 aliphatic carbocycles. The van der Waals surface area contributed by atoms with Gasteiger partial charge in [-0.15, -0.1) is 0 Å². The van der Waals surface area contributed by atoms with Gasteiger partial charge in [0.15, 0.2) is 46.0 Å². The van der Waals surface area contributed by atoms with Crippen molar-refractivity contribution in [2.24, 2.45) is 15.0 Å². The van der Waals surface area contributed by atoms with Gasteiger partial charge in [-0.3, -0.25) is 0 Å². The first-order valence-corrected chi connectivity index (χ1v) is 41.1. The number of phenols is 1. The van der Waals surface area contributed by atoms with Crippen LogP contribution in [0.2, 0.25) is 0 Å². The number of rotatable bonds is 53. The Balaban J connectivity index is 0.000000635. The number of carbonyl (C=O) groups is 3. The van der Waals surface area contributed by atoms with Crippen LogP contribution in [0, 0.1) is 0 Å². The molecule has 0 fully saturated rings. The maximum absolute atomic E-state index is 13.7. The lowest BCUT2D eigenvalue weighted by Gasteiger charge is -2.14. The number of isocyanates is 3. The highest BCUT2D eigenvalue weighted by Crippen LogP contribution is 2.32. The summed E-state index contributed by atoms with van der Waals surface area (Å²) >= 11 is 0. The molecule has 121 heavy (non-hydrogen) atoms. The number of aliphatic imine (C=N–C) groups is 3. The number of hydrogen-bond acceptors (Lipinski definition) is 23. The lowest BCUT2D eigenvalue weighted by molar-refractivity contribution is 0.197. The molecule has 0 radical (unpaired) electrons. The maximum Gasteiger partial charge on any atom is 0.412 e. The van der Waals surface area contributed by atoms with Crippen LogP contribution in [0.5, 0.6) is 46.0 Å². The number of unbranched alkanes of at least 4 members (excludes halogenated alkanes) is 18. The van der Waals surface area contributed by atoms with Gasteiger partial charge >= 0.3 is 52.4 Å². The molecule has 32 nitrogen and oxygen atoms in total. The van der Waals surface area contributed by atoms with Crippen LogP contribution in [0.25, 0.3) is 24.3 Å². The van der Waals surface area contributed by atoms with E-state index in [-0.39, 0.29) is 52.4 Å². The third kappa shape index (κ3) is 38.5. The van der Waals surface area contributed by atoms with E-state index in [1.165, 1.54) is 46.7 Å². The summed E-state index contributed by atoms with van der Waals surface area (Å²) in [6.45, 7) is 11.0. The zero-order valence-corrected chi connectivity index (χ0v) is 70.7. The lowest BCUT2D eigenvalue weighted by Crippen LogP contribution is -2.54. The Bertz CT molecular complexity index is 4330. The number of hydrogen-bond donors (Lipinski definition) is 4. The summed E-state index contributed by atoms with van der Waals surface area (Å²) in [5.74, 6) is 2.88. The Morgan fingerprint density at radius 3 is 0.760 bits per heavy atom. The van der Waals surface area contributed by atoms with Crippen molar-refractivity contribution in [3.05, 3.63) is 182 Å². The topological polar surface area (TPSA) is 392 Å². The zero-order valence-electron chi connectivity index (χ0n) is 70.7. The van der Waals surface area contributed by atoms with Gasteiger partial charge < -0.3 is 54.2 Å². The van der Waals surface area contributed by atoms with E-state index in [1.54, 1.807) is 48.5 Å². The van der Waals surface area contributed by atoms with E-state index in [4.69, 9.17) is 33.2 Å². The van der Waals surface area contributed by atoms with E-state index in [0.29, 0.717) is 176 Å². The van der Waals surface area contributed by atoms with E-state index >= 15 is 0 Å². The minimum atomic E-state index is -0.650. The fraction of sp³-hybridized carbons (Fsp3) is 0.506. The van der Waals surface area contributed by atoms with Crippen LogP contribution in [-0.4, -0.2) is 137 Å². The Labute approximate surface area is 707 Å². The van der Waals surface area contributed by atoms with Crippen molar-refractivity contribution in [3.8, 4) is 46.0 Å². The van der Waals surface area contributed by atoms with Crippen molar-refractivity contribution in [2.75, 3.05) is 67.7 Å². The number of aromatic hydroxyl groups is 1. The van der Waals surface area contributed by atoms with Crippen LogP contribution in [-0.2, 0) is 53.7 Å². The second-order valence-corrected chi connectivity index (χ2v) is 27.6. The normalized spacial score (nSPS) is 10.8. The van der Waals surface area contributed by atoms with E-state index in [2.05, 4.69) is 30.9 Å². The van der Waals surface area contributed by atoms with Crippen LogP contribution in [0.15, 0.2) is 141 Å². The van der Waals surface area contributed by atoms with Crippen LogP contribution in [0.3, 0.4) is 0 Å². The minimum Gasteiger partial charge on any atom is -0.504 e. The monoisotopic (exact) mass is 1680 g/mol. The van der Waals surface area contributed by atoms with Crippen molar-refractivity contribution >= 4 is 60.8 Å². The van der Waals surface area contributed by atoms with E-state index < -0.39 is 52.4 Å². The number of amides is 3. The van der Waals surface area contributed by atoms with Crippen molar-refractivity contribution in [1.29, 1.82) is 0 Å². The summed E-state index contributed by atoms with van der Waals surface area (Å²) in [5, 5.41) is 17.5. The molecule has 0 aliphatic rings. The standard InChI is InChI=1S/C54H72N6O12.C24H36N6O6.C10H12O2.CH4/c1-7-22-40-25-28-43(46(37-40)67-4)70-49(61)55-31-16-10-13-19-34-58-52(64)59(35-20-14-11-17-32-56-50(62)71-44-29-26-41(23-8-2)38-47(44)68-5)54(66)60(53(58)65)36-21-15-12-18-33-57-51(63)72-45-30-27-42(24-9-3)39-48(45)69-6;31-19-25-13-7-1-4-10-16-28-22(34)29(17-11-5-2-8-14-26-20-32)24(36)30(23(28)35)18-12-6-3-9-15-27-21-33;1-3-4-8-5-6-9(11)10(7-8)12-2;/h7-9,22-30,37-39H,10-21,31-36H2,1-6H3,(H,55,61)(H,56,62)(H,57,63);1-18H2;3-7,11H,1-2H3;1H4. The third-order valence-corrected chi connectivity index (χ3v) is 18.7. The Hall–Kier alpha value is -12.4. The summed E-state index contributed by atoms with van der Waals surface area (Å²) in [6, 6.07) is 21.1. The molecule has 6 rings (SSSR count). The number of ether oxygens (including phenoxy) is 7. The average Bonchev–Trinajstić information content (AvgIpc) is 0.790. The number of methoxy groups -OCH3 is 4. The maximum atomic E-state index is 13.7. The average molecular weight is 1680 g/mol. The van der Waals surface area contributed by atoms with E-state index in [0.717, 1.165) is 107 Å². The van der Waals surface area contributed by atoms with E-state index in [1.807, 2.05) is 101 Å². The molecule has 0 unspecified atom stereocenters. The molecule has 4 aromatic carbocycles. The molecule has 0 saturated carbocycles. The van der Waals surface area contributed by atoms with Gasteiger partial charge in [0.1, 0.15) is 0 Å². The van der Waals surface area contributed by atoms with Gasteiger partial charge in [0, 0.05) is 58.9 Å². The second kappa shape index (κ2) is 61.9. The van der Waals surface area contributed by atoms with Gasteiger partial charge in [0.25, 0.3) is 0 Å². The molecule has 0 bridgehead atoms. The minimum absolute atomic E-state index is 0. The molecular weight excluding hydrogens is 1560 g/mol. The number of nitrogens with one attached hydrogen (secondary N) is 3. The molecule has 6 aromatic rings. The van der Waals surface area contributed by atoms with Gasteiger partial charge in [-0.05, 0) is 176 Å². The first-order valence-electron chi connectivity index (χ1n) is 41.1. The highest BCUT2D eigenvalue weighted by atomic mass is 16.6. The molecule has 660 valence electrons. The van der Waals surface area contributed by atoms with Gasteiger partial charge in [-0.25, -0.2) is 99.9 Å². The molecule has 2 heterocycles. The molecule has 0 saturated heterocycles. The number of nitrogens with zero attached hydrogens (tertiary/aromatic N) is 9. The molecular formula is C89H124N12O20. The van der Waals surface area contributed by atoms with Crippen molar-refractivity contribution in [2.45, 2.75) is 228 Å². The number of benzene rings is 4.